The molecule has 1 aromatic heterocycles. The van der Waals surface area contributed by atoms with Gasteiger partial charge in [0.25, 0.3) is 0 Å². The van der Waals surface area contributed by atoms with Crippen molar-refractivity contribution < 1.29 is 19.0 Å². The number of ketones is 1. The predicted octanol–water partition coefficient (Wildman–Crippen LogP) is 4.09. The van der Waals surface area contributed by atoms with Gasteiger partial charge in [0.1, 0.15) is 0 Å². The van der Waals surface area contributed by atoms with Crippen LogP contribution in [0.1, 0.15) is 15.9 Å². The van der Waals surface area contributed by atoms with Crippen molar-refractivity contribution in [1.82, 2.24) is 4.98 Å². The van der Waals surface area contributed by atoms with Gasteiger partial charge in [-0.05, 0) is 41.3 Å². The Kier molecular flexibility index (Phi) is 4.75. The molecule has 0 radical (unpaired) electrons. The van der Waals surface area contributed by atoms with Crippen LogP contribution in [-0.4, -0.2) is 32.1 Å². The largest absolute Gasteiger partial charge is 0.493 e. The molecule has 0 fully saturated rings. The van der Waals surface area contributed by atoms with Gasteiger partial charge in [0.15, 0.2) is 17.3 Å². The maximum atomic E-state index is 12.6. The zero-order valence-corrected chi connectivity index (χ0v) is 14.3. The average Bonchev–Trinajstić information content (AvgIpc) is 3.14. The molecule has 0 saturated heterocycles. The first-order chi connectivity index (χ1) is 12.2. The molecule has 0 bridgehead atoms. The van der Waals surface area contributed by atoms with Gasteiger partial charge in [-0.3, -0.25) is 4.79 Å². The summed E-state index contributed by atoms with van der Waals surface area (Å²) in [5.41, 5.74) is 2.41. The summed E-state index contributed by atoms with van der Waals surface area (Å²) in [6.07, 6.45) is 5.21. The number of fused-ring (bicyclic) bond motifs is 1. The molecule has 5 heteroatoms. The number of carbonyl (C=O) groups excluding carboxylic acids is 1. The molecule has 0 spiro atoms. The Labute approximate surface area is 145 Å². The Morgan fingerprint density at radius 1 is 1.00 bits per heavy atom. The van der Waals surface area contributed by atoms with Gasteiger partial charge in [-0.1, -0.05) is 18.2 Å². The number of ether oxygens (including phenoxy) is 3. The Bertz CT molecular complexity index is 915. The number of allylic oxidation sites excluding steroid dienone is 1. The van der Waals surface area contributed by atoms with Gasteiger partial charge in [-0.2, -0.15) is 0 Å². The summed E-state index contributed by atoms with van der Waals surface area (Å²) in [6, 6.07) is 11.2. The lowest BCUT2D eigenvalue weighted by Gasteiger charge is -2.13. The summed E-state index contributed by atoms with van der Waals surface area (Å²) in [7, 11) is 4.57. The van der Waals surface area contributed by atoms with Crippen LogP contribution in [0.5, 0.6) is 17.2 Å². The smallest absolute Gasteiger partial charge is 0.203 e. The number of H-pyrrole nitrogens is 1. The Morgan fingerprint density at radius 2 is 1.72 bits per heavy atom. The van der Waals surface area contributed by atoms with E-state index in [1.807, 2.05) is 30.5 Å². The fourth-order valence-corrected chi connectivity index (χ4v) is 2.73. The molecule has 1 heterocycles. The summed E-state index contributed by atoms with van der Waals surface area (Å²) in [4.78, 5) is 15.8. The topological polar surface area (TPSA) is 60.6 Å². The quantitative estimate of drug-likeness (QED) is 0.544. The maximum absolute atomic E-state index is 12.6. The van der Waals surface area contributed by atoms with Crippen LogP contribution >= 0.6 is 0 Å². The highest BCUT2D eigenvalue weighted by atomic mass is 16.5. The summed E-state index contributed by atoms with van der Waals surface area (Å²) in [5.74, 6) is 1.21. The van der Waals surface area contributed by atoms with Crippen molar-refractivity contribution in [2.75, 3.05) is 21.3 Å². The zero-order valence-electron chi connectivity index (χ0n) is 14.3. The lowest BCUT2D eigenvalue weighted by Crippen LogP contribution is -2.00. The number of carbonyl (C=O) groups is 1. The van der Waals surface area contributed by atoms with E-state index >= 15 is 0 Å². The summed E-state index contributed by atoms with van der Waals surface area (Å²) in [5, 5.41) is 1.10. The minimum atomic E-state index is -0.150. The van der Waals surface area contributed by atoms with Crippen molar-refractivity contribution in [2.24, 2.45) is 0 Å². The normalized spacial score (nSPS) is 11.0. The van der Waals surface area contributed by atoms with Gasteiger partial charge in [0.05, 0.1) is 26.8 Å². The number of nitrogens with one attached hydrogen (secondary N) is 1. The van der Waals surface area contributed by atoms with Crippen LogP contribution < -0.4 is 14.2 Å². The molecule has 0 aliphatic carbocycles. The van der Waals surface area contributed by atoms with E-state index in [9.17, 15) is 4.79 Å². The van der Waals surface area contributed by atoms with Crippen LogP contribution in [0.3, 0.4) is 0 Å². The number of aromatic amines is 1. The van der Waals surface area contributed by atoms with Crippen molar-refractivity contribution in [3.05, 3.63) is 59.8 Å². The van der Waals surface area contributed by atoms with Gasteiger partial charge in [-0.15, -0.1) is 0 Å². The predicted molar refractivity (Wildman–Crippen MR) is 97.8 cm³/mol. The number of para-hydroxylation sites is 1. The van der Waals surface area contributed by atoms with Crippen molar-refractivity contribution >= 4 is 22.8 Å². The van der Waals surface area contributed by atoms with E-state index in [1.165, 1.54) is 27.4 Å². The third-order valence-corrected chi connectivity index (χ3v) is 3.98. The van der Waals surface area contributed by atoms with Crippen LogP contribution in [0.2, 0.25) is 0 Å². The number of rotatable bonds is 6. The molecule has 3 aromatic rings. The zero-order chi connectivity index (χ0) is 17.8. The van der Waals surface area contributed by atoms with E-state index < -0.39 is 0 Å². The Balaban J connectivity index is 1.94. The Hall–Kier alpha value is -3.21. The molecule has 25 heavy (non-hydrogen) atoms. The highest BCUT2D eigenvalue weighted by Crippen LogP contribution is 2.38. The second-order valence-corrected chi connectivity index (χ2v) is 5.40. The highest BCUT2D eigenvalue weighted by Gasteiger charge is 2.15. The molecule has 0 atom stereocenters. The van der Waals surface area contributed by atoms with E-state index in [2.05, 4.69) is 4.98 Å². The fourth-order valence-electron chi connectivity index (χ4n) is 2.73. The summed E-state index contributed by atoms with van der Waals surface area (Å²) < 4.78 is 15.9. The molecule has 0 unspecified atom stereocenters. The lowest BCUT2D eigenvalue weighted by atomic mass is 10.1. The van der Waals surface area contributed by atoms with Crippen LogP contribution in [0.15, 0.2) is 48.7 Å². The molecule has 0 aliphatic heterocycles. The van der Waals surface area contributed by atoms with Crippen LogP contribution in [-0.2, 0) is 0 Å². The minimum Gasteiger partial charge on any atom is -0.493 e. The van der Waals surface area contributed by atoms with Gasteiger partial charge >= 0.3 is 0 Å². The van der Waals surface area contributed by atoms with Crippen molar-refractivity contribution in [1.29, 1.82) is 0 Å². The molecule has 128 valence electrons. The monoisotopic (exact) mass is 337 g/mol. The van der Waals surface area contributed by atoms with E-state index in [-0.39, 0.29) is 5.78 Å². The van der Waals surface area contributed by atoms with Crippen molar-refractivity contribution in [2.45, 2.75) is 0 Å². The van der Waals surface area contributed by atoms with E-state index in [1.54, 1.807) is 18.2 Å². The number of aromatic nitrogens is 1. The van der Waals surface area contributed by atoms with E-state index in [0.29, 0.717) is 22.8 Å². The fraction of sp³-hybridized carbons (Fsp3) is 0.150. The van der Waals surface area contributed by atoms with E-state index in [0.717, 1.165) is 16.5 Å². The number of hydrogen-bond acceptors (Lipinski definition) is 4. The van der Waals surface area contributed by atoms with Crippen LogP contribution in [0.25, 0.3) is 17.0 Å². The standard InChI is InChI=1S/C20H19NO4/c1-23-17-11-15(12-18(24-2)20(17)25-3)16(22)8-7-13-5-4-6-14-9-10-21-19(13)14/h4-12,21H,1-3H3/b8-7+. The average molecular weight is 337 g/mol. The second-order valence-electron chi connectivity index (χ2n) is 5.40. The number of methoxy groups -OCH3 is 3. The van der Waals surface area contributed by atoms with Crippen molar-refractivity contribution in [3.8, 4) is 17.2 Å². The minimum absolute atomic E-state index is 0.150. The first-order valence-corrected chi connectivity index (χ1v) is 7.76. The molecule has 3 rings (SSSR count). The lowest BCUT2D eigenvalue weighted by molar-refractivity contribution is 0.104. The van der Waals surface area contributed by atoms with Gasteiger partial charge < -0.3 is 19.2 Å². The number of benzene rings is 2. The maximum Gasteiger partial charge on any atom is 0.203 e. The molecule has 0 saturated carbocycles. The first-order valence-electron chi connectivity index (χ1n) is 7.76. The molecule has 0 aliphatic rings. The third kappa shape index (κ3) is 3.21. The van der Waals surface area contributed by atoms with Crippen molar-refractivity contribution in [3.63, 3.8) is 0 Å². The van der Waals surface area contributed by atoms with Gasteiger partial charge in [0, 0.05) is 11.8 Å². The Morgan fingerprint density at radius 3 is 2.36 bits per heavy atom. The number of hydrogen-bond donors (Lipinski definition) is 1. The molecular weight excluding hydrogens is 318 g/mol. The molecule has 1 N–H and O–H groups in total. The van der Waals surface area contributed by atoms with Crippen LogP contribution in [0, 0.1) is 0 Å². The molecule has 0 amide bonds. The third-order valence-electron chi connectivity index (χ3n) is 3.98. The summed E-state index contributed by atoms with van der Waals surface area (Å²) in [6.45, 7) is 0. The SMILES string of the molecule is COc1cc(C(=O)/C=C/c2cccc3cc[nH]c23)cc(OC)c1OC. The molecule has 2 aromatic carbocycles. The van der Waals surface area contributed by atoms with Crippen LogP contribution in [0.4, 0.5) is 0 Å². The van der Waals surface area contributed by atoms with E-state index in [4.69, 9.17) is 14.2 Å². The highest BCUT2D eigenvalue weighted by molar-refractivity contribution is 6.08. The molecule has 5 nitrogen and oxygen atoms in total. The molecular formula is C20H19NO4. The second kappa shape index (κ2) is 7.13. The van der Waals surface area contributed by atoms with Gasteiger partial charge in [-0.25, -0.2) is 0 Å². The van der Waals surface area contributed by atoms with Gasteiger partial charge in [0.2, 0.25) is 5.75 Å². The summed E-state index contributed by atoms with van der Waals surface area (Å²) >= 11 is 0. The first kappa shape index (κ1) is 16.6.